The summed E-state index contributed by atoms with van der Waals surface area (Å²) in [7, 11) is 0. The van der Waals surface area contributed by atoms with Crippen LogP contribution < -0.4 is 5.32 Å². The summed E-state index contributed by atoms with van der Waals surface area (Å²) >= 11 is 1.14. The monoisotopic (exact) mass is 469 g/mol. The maximum atomic E-state index is 12.5. The molecule has 3 aromatic rings. The summed E-state index contributed by atoms with van der Waals surface area (Å²) in [6, 6.07) is 2.22. The number of aromatic amines is 1. The molecule has 0 aromatic carbocycles. The Morgan fingerprint density at radius 2 is 1.94 bits per heavy atom. The molecular weight excluding hydrogens is 442 g/mol. The molecule has 0 bridgehead atoms. The van der Waals surface area contributed by atoms with Crippen molar-refractivity contribution in [3.8, 4) is 10.6 Å². The highest BCUT2D eigenvalue weighted by atomic mass is 32.1. The number of H-pyrrole nitrogens is 1. The Balaban J connectivity index is 1.34. The summed E-state index contributed by atoms with van der Waals surface area (Å²) in [5.74, 6) is -0.122. The van der Waals surface area contributed by atoms with Gasteiger partial charge in [0.2, 0.25) is 0 Å². The van der Waals surface area contributed by atoms with Crippen molar-refractivity contribution in [2.45, 2.75) is 45.3 Å². The quantitative estimate of drug-likeness (QED) is 0.516. The number of carbonyl (C=O) groups excluding carboxylic acids is 1. The molecule has 33 heavy (non-hydrogen) atoms. The average molecular weight is 470 g/mol. The number of hydrogen-bond acceptors (Lipinski definition) is 7. The van der Waals surface area contributed by atoms with Gasteiger partial charge in [-0.05, 0) is 51.5 Å². The minimum Gasteiger partial charge on any atom is -0.477 e. The minimum atomic E-state index is -0.984. The van der Waals surface area contributed by atoms with Crippen LogP contribution in [0.4, 0.5) is 10.5 Å². The van der Waals surface area contributed by atoms with Crippen LogP contribution in [-0.4, -0.2) is 61.8 Å². The molecule has 4 heterocycles. The van der Waals surface area contributed by atoms with Crippen molar-refractivity contribution < 1.29 is 19.4 Å². The fourth-order valence-electron chi connectivity index (χ4n) is 4.92. The number of aromatic carboxylic acids is 1. The van der Waals surface area contributed by atoms with E-state index in [2.05, 4.69) is 20.3 Å². The van der Waals surface area contributed by atoms with E-state index in [9.17, 15) is 14.7 Å². The largest absolute Gasteiger partial charge is 0.477 e. The van der Waals surface area contributed by atoms with Crippen LogP contribution in [0.1, 0.15) is 43.3 Å². The zero-order chi connectivity index (χ0) is 23.3. The Labute approximate surface area is 195 Å². The van der Waals surface area contributed by atoms with Crippen molar-refractivity contribution >= 4 is 40.1 Å². The number of rotatable bonds is 4. The van der Waals surface area contributed by atoms with Gasteiger partial charge >= 0.3 is 12.1 Å². The molecule has 10 heteroatoms. The Kier molecular flexibility index (Phi) is 5.27. The fourth-order valence-corrected chi connectivity index (χ4v) is 5.69. The van der Waals surface area contributed by atoms with Gasteiger partial charge in [-0.1, -0.05) is 0 Å². The van der Waals surface area contributed by atoms with Crippen molar-refractivity contribution in [2.75, 3.05) is 18.4 Å². The highest BCUT2D eigenvalue weighted by Gasteiger charge is 2.43. The van der Waals surface area contributed by atoms with E-state index in [1.54, 1.807) is 6.20 Å². The van der Waals surface area contributed by atoms with Crippen LogP contribution >= 0.6 is 11.3 Å². The van der Waals surface area contributed by atoms with Crippen LogP contribution in [-0.2, 0) is 4.74 Å². The predicted molar refractivity (Wildman–Crippen MR) is 126 cm³/mol. The van der Waals surface area contributed by atoms with E-state index in [0.717, 1.165) is 59.6 Å². The van der Waals surface area contributed by atoms with Crippen molar-refractivity contribution in [3.05, 3.63) is 29.5 Å². The Morgan fingerprint density at radius 1 is 1.21 bits per heavy atom. The van der Waals surface area contributed by atoms with Gasteiger partial charge in [0.15, 0.2) is 0 Å². The summed E-state index contributed by atoms with van der Waals surface area (Å²) in [5, 5.41) is 14.6. The van der Waals surface area contributed by atoms with Crippen LogP contribution in [0.5, 0.6) is 0 Å². The third-order valence-electron chi connectivity index (χ3n) is 6.28. The Morgan fingerprint density at radius 3 is 2.58 bits per heavy atom. The number of nitrogens with one attached hydrogen (secondary N) is 2. The zero-order valence-corrected chi connectivity index (χ0v) is 19.6. The second-order valence-electron chi connectivity index (χ2n) is 9.84. The molecule has 1 amide bonds. The van der Waals surface area contributed by atoms with E-state index in [1.807, 2.05) is 37.9 Å². The second-order valence-corrected chi connectivity index (χ2v) is 10.9. The maximum Gasteiger partial charge on any atom is 0.410 e. The number of likely N-dealkylation sites (tertiary alicyclic amines) is 1. The number of ether oxygens (including phenoxy) is 1. The standard InChI is InChI=1S/C23H27N5O4S/c1-23(2,3)32-22(31)28-10-12-6-14(7-13(12)11-28)27-18-15-4-5-24-19(15)25-8-16(18)20-26-9-17(33-20)21(29)30/h4-5,8-9,12-14H,6-7,10-11H2,1-3H3,(H,29,30)(H2,24,25,27)/t12-,13+,14?. The smallest absolute Gasteiger partial charge is 0.410 e. The number of hydrogen-bond donors (Lipinski definition) is 3. The first-order chi connectivity index (χ1) is 15.7. The number of amides is 1. The zero-order valence-electron chi connectivity index (χ0n) is 18.8. The van der Waals surface area contributed by atoms with E-state index in [0.29, 0.717) is 16.8 Å². The van der Waals surface area contributed by atoms with E-state index in [-0.39, 0.29) is 17.0 Å². The molecule has 1 aliphatic heterocycles. The second kappa shape index (κ2) is 8.02. The highest BCUT2D eigenvalue weighted by Crippen LogP contribution is 2.42. The molecule has 5 rings (SSSR count). The number of anilines is 1. The van der Waals surface area contributed by atoms with E-state index >= 15 is 0 Å². The number of fused-ring (bicyclic) bond motifs is 2. The number of carboxylic acid groups (broad SMARTS) is 1. The molecule has 2 aliphatic rings. The van der Waals surface area contributed by atoms with Crippen LogP contribution in [0.15, 0.2) is 24.7 Å². The van der Waals surface area contributed by atoms with Gasteiger partial charge in [0.1, 0.15) is 21.1 Å². The van der Waals surface area contributed by atoms with Gasteiger partial charge in [0.25, 0.3) is 0 Å². The summed E-state index contributed by atoms with van der Waals surface area (Å²) in [5.41, 5.74) is 1.99. The highest BCUT2D eigenvalue weighted by molar-refractivity contribution is 7.16. The fraction of sp³-hybridized carbons (Fsp3) is 0.478. The first kappa shape index (κ1) is 21.7. The average Bonchev–Trinajstić information content (AvgIpc) is 3.49. The molecule has 3 aromatic heterocycles. The molecule has 1 aliphatic carbocycles. The lowest BCUT2D eigenvalue weighted by molar-refractivity contribution is 0.0279. The molecular formula is C23H27N5O4S. The van der Waals surface area contributed by atoms with Gasteiger partial charge in [-0.2, -0.15) is 0 Å². The van der Waals surface area contributed by atoms with Gasteiger partial charge in [-0.3, -0.25) is 0 Å². The SMILES string of the molecule is CC(C)(C)OC(=O)N1C[C@H]2CC(Nc3c(-c4ncc(C(=O)O)s4)cnc4[nH]ccc34)C[C@H]2C1. The molecule has 3 N–H and O–H groups in total. The van der Waals surface area contributed by atoms with Crippen molar-refractivity contribution in [3.63, 3.8) is 0 Å². The number of pyridine rings is 1. The number of aromatic nitrogens is 3. The molecule has 0 radical (unpaired) electrons. The van der Waals surface area contributed by atoms with Gasteiger partial charge in [0.05, 0.1) is 17.4 Å². The lowest BCUT2D eigenvalue weighted by Crippen LogP contribution is -2.36. The minimum absolute atomic E-state index is 0.197. The predicted octanol–water partition coefficient (Wildman–Crippen LogP) is 4.44. The third kappa shape index (κ3) is 4.27. The van der Waals surface area contributed by atoms with Crippen LogP contribution in [0, 0.1) is 11.8 Å². The number of carbonyl (C=O) groups is 2. The molecule has 3 atom stereocenters. The lowest BCUT2D eigenvalue weighted by Gasteiger charge is -2.25. The maximum absolute atomic E-state index is 12.5. The lowest BCUT2D eigenvalue weighted by atomic mass is 10.0. The van der Waals surface area contributed by atoms with Gasteiger partial charge in [-0.15, -0.1) is 11.3 Å². The topological polar surface area (TPSA) is 120 Å². The van der Waals surface area contributed by atoms with Crippen molar-refractivity contribution in [2.24, 2.45) is 11.8 Å². The van der Waals surface area contributed by atoms with Gasteiger partial charge < -0.3 is 25.0 Å². The first-order valence-corrected chi connectivity index (χ1v) is 11.9. The van der Waals surface area contributed by atoms with Gasteiger partial charge in [-0.25, -0.2) is 19.6 Å². The molecule has 1 saturated carbocycles. The van der Waals surface area contributed by atoms with Crippen molar-refractivity contribution in [1.82, 2.24) is 19.9 Å². The number of nitrogens with zero attached hydrogens (tertiary/aromatic N) is 3. The normalized spacial score (nSPS) is 22.5. The summed E-state index contributed by atoms with van der Waals surface area (Å²) in [6.07, 6.45) is 6.65. The Hall–Kier alpha value is -3.14. The van der Waals surface area contributed by atoms with Crippen LogP contribution in [0.3, 0.4) is 0 Å². The molecule has 9 nitrogen and oxygen atoms in total. The molecule has 1 saturated heterocycles. The van der Waals surface area contributed by atoms with E-state index in [4.69, 9.17) is 4.74 Å². The molecule has 1 unspecified atom stereocenters. The van der Waals surface area contributed by atoms with Crippen LogP contribution in [0.2, 0.25) is 0 Å². The Bertz CT molecular complexity index is 1200. The third-order valence-corrected chi connectivity index (χ3v) is 7.30. The van der Waals surface area contributed by atoms with E-state index in [1.165, 1.54) is 6.20 Å². The summed E-state index contributed by atoms with van der Waals surface area (Å²) < 4.78 is 5.55. The molecule has 2 fully saturated rings. The summed E-state index contributed by atoms with van der Waals surface area (Å²) in [4.78, 5) is 37.8. The first-order valence-electron chi connectivity index (χ1n) is 11.1. The van der Waals surface area contributed by atoms with Crippen LogP contribution in [0.25, 0.3) is 21.6 Å². The number of thiazole rings is 1. The number of carboxylic acids is 1. The molecule has 174 valence electrons. The van der Waals surface area contributed by atoms with Gasteiger partial charge in [0, 0.05) is 36.9 Å². The summed E-state index contributed by atoms with van der Waals surface area (Å²) in [6.45, 7) is 7.09. The van der Waals surface area contributed by atoms with E-state index < -0.39 is 11.6 Å². The molecule has 0 spiro atoms. The van der Waals surface area contributed by atoms with Crippen molar-refractivity contribution in [1.29, 1.82) is 0 Å².